The molecular formula is C10H14N2O. The van der Waals surface area contributed by atoms with Gasteiger partial charge in [0.2, 0.25) is 0 Å². The maximum atomic E-state index is 6.07. The van der Waals surface area contributed by atoms with Gasteiger partial charge in [0.05, 0.1) is 13.3 Å². The number of pyridine rings is 1. The lowest BCUT2D eigenvalue weighted by Crippen LogP contribution is -2.13. The van der Waals surface area contributed by atoms with E-state index in [0.29, 0.717) is 5.92 Å². The molecule has 0 radical (unpaired) electrons. The first-order valence-corrected chi connectivity index (χ1v) is 4.56. The average molecular weight is 178 g/mol. The van der Waals surface area contributed by atoms with Gasteiger partial charge >= 0.3 is 0 Å². The van der Waals surface area contributed by atoms with Crippen molar-refractivity contribution >= 4 is 0 Å². The van der Waals surface area contributed by atoms with Crippen molar-refractivity contribution in [1.29, 1.82) is 0 Å². The Bertz CT molecular complexity index is 297. The zero-order valence-electron chi connectivity index (χ0n) is 7.73. The Balaban J connectivity index is 2.26. The van der Waals surface area contributed by atoms with Crippen molar-refractivity contribution in [2.24, 2.45) is 11.7 Å². The molecule has 3 heteroatoms. The van der Waals surface area contributed by atoms with Crippen molar-refractivity contribution in [3.63, 3.8) is 0 Å². The second kappa shape index (κ2) is 3.34. The summed E-state index contributed by atoms with van der Waals surface area (Å²) in [6, 6.07) is 2.07. The minimum Gasteiger partial charge on any atom is -0.495 e. The predicted octanol–water partition coefficient (Wildman–Crippen LogP) is 1.50. The van der Waals surface area contributed by atoms with Crippen LogP contribution in [0.3, 0.4) is 0 Å². The molecule has 1 fully saturated rings. The highest BCUT2D eigenvalue weighted by molar-refractivity contribution is 5.33. The van der Waals surface area contributed by atoms with Crippen LogP contribution in [0.5, 0.6) is 5.75 Å². The number of methoxy groups -OCH3 is 1. The van der Waals surface area contributed by atoms with Gasteiger partial charge in [0.1, 0.15) is 5.75 Å². The first-order valence-electron chi connectivity index (χ1n) is 4.56. The number of nitrogens with zero attached hydrogens (tertiary/aromatic N) is 1. The molecular weight excluding hydrogens is 164 g/mol. The summed E-state index contributed by atoms with van der Waals surface area (Å²) in [5, 5.41) is 0. The van der Waals surface area contributed by atoms with Crippen molar-refractivity contribution in [2.45, 2.75) is 18.9 Å². The molecule has 1 unspecified atom stereocenters. The lowest BCUT2D eigenvalue weighted by Gasteiger charge is -2.13. The first kappa shape index (κ1) is 8.51. The molecule has 0 spiro atoms. The van der Waals surface area contributed by atoms with Crippen LogP contribution in [0.4, 0.5) is 0 Å². The molecule has 1 saturated carbocycles. The Morgan fingerprint density at radius 2 is 2.38 bits per heavy atom. The molecule has 2 N–H and O–H groups in total. The second-order valence-corrected chi connectivity index (χ2v) is 3.48. The highest BCUT2D eigenvalue weighted by Crippen LogP contribution is 2.41. The minimum atomic E-state index is 0.123. The van der Waals surface area contributed by atoms with Gasteiger partial charge in [0.25, 0.3) is 0 Å². The van der Waals surface area contributed by atoms with Crippen LogP contribution in [-0.2, 0) is 0 Å². The highest BCUT2D eigenvalue weighted by atomic mass is 16.5. The van der Waals surface area contributed by atoms with Crippen LogP contribution in [0.2, 0.25) is 0 Å². The molecule has 1 aliphatic rings. The van der Waals surface area contributed by atoms with Gasteiger partial charge in [0.15, 0.2) is 0 Å². The smallest absolute Gasteiger partial charge is 0.141 e. The van der Waals surface area contributed by atoms with Crippen molar-refractivity contribution in [2.75, 3.05) is 7.11 Å². The number of rotatable bonds is 3. The van der Waals surface area contributed by atoms with Crippen molar-refractivity contribution in [1.82, 2.24) is 4.98 Å². The Hall–Kier alpha value is -1.09. The Morgan fingerprint density at radius 1 is 1.62 bits per heavy atom. The van der Waals surface area contributed by atoms with E-state index in [1.54, 1.807) is 19.5 Å². The van der Waals surface area contributed by atoms with Crippen LogP contribution in [0.25, 0.3) is 0 Å². The van der Waals surface area contributed by atoms with E-state index in [1.165, 1.54) is 12.8 Å². The van der Waals surface area contributed by atoms with E-state index < -0.39 is 0 Å². The van der Waals surface area contributed by atoms with Crippen LogP contribution >= 0.6 is 0 Å². The minimum absolute atomic E-state index is 0.123. The van der Waals surface area contributed by atoms with Crippen LogP contribution in [0.15, 0.2) is 18.5 Å². The number of ether oxygens (including phenoxy) is 1. The highest BCUT2D eigenvalue weighted by Gasteiger charge is 2.30. The molecule has 0 aromatic carbocycles. The molecule has 1 atom stereocenters. The number of hydrogen-bond acceptors (Lipinski definition) is 3. The number of aromatic nitrogens is 1. The average Bonchev–Trinajstić information content (AvgIpc) is 3.00. The molecule has 1 aliphatic carbocycles. The molecule has 1 heterocycles. The maximum Gasteiger partial charge on any atom is 0.141 e. The Labute approximate surface area is 77.9 Å². The molecule has 13 heavy (non-hydrogen) atoms. The Kier molecular flexibility index (Phi) is 2.19. The fraction of sp³-hybridized carbons (Fsp3) is 0.500. The SMILES string of the molecule is COc1cnccc1C(N)C1CC1. The summed E-state index contributed by atoms with van der Waals surface area (Å²) in [6.45, 7) is 0. The van der Waals surface area contributed by atoms with Gasteiger partial charge < -0.3 is 10.5 Å². The normalized spacial score (nSPS) is 18.3. The standard InChI is InChI=1S/C10H14N2O/c1-13-9-6-12-5-4-8(9)10(11)7-2-3-7/h4-7,10H,2-3,11H2,1H3. The van der Waals surface area contributed by atoms with E-state index in [2.05, 4.69) is 4.98 Å². The first-order chi connectivity index (χ1) is 6.33. The summed E-state index contributed by atoms with van der Waals surface area (Å²) in [5.41, 5.74) is 7.15. The van der Waals surface area contributed by atoms with E-state index in [9.17, 15) is 0 Å². The molecule has 1 aromatic rings. The second-order valence-electron chi connectivity index (χ2n) is 3.48. The molecule has 3 nitrogen and oxygen atoms in total. The lowest BCUT2D eigenvalue weighted by molar-refractivity contribution is 0.401. The fourth-order valence-corrected chi connectivity index (χ4v) is 1.55. The largest absolute Gasteiger partial charge is 0.495 e. The van der Waals surface area contributed by atoms with Crippen molar-refractivity contribution in [3.05, 3.63) is 24.0 Å². The summed E-state index contributed by atoms with van der Waals surface area (Å²) in [5.74, 6) is 1.46. The third-order valence-electron chi connectivity index (χ3n) is 2.53. The third-order valence-corrected chi connectivity index (χ3v) is 2.53. The van der Waals surface area contributed by atoms with Crippen molar-refractivity contribution < 1.29 is 4.74 Å². The summed E-state index contributed by atoms with van der Waals surface area (Å²) >= 11 is 0. The quantitative estimate of drug-likeness (QED) is 0.763. The molecule has 0 saturated heterocycles. The molecule has 0 aliphatic heterocycles. The van der Waals surface area contributed by atoms with E-state index >= 15 is 0 Å². The fourth-order valence-electron chi connectivity index (χ4n) is 1.55. The molecule has 0 amide bonds. The van der Waals surface area contributed by atoms with Gasteiger partial charge in [-0.05, 0) is 24.8 Å². The third kappa shape index (κ3) is 1.65. The van der Waals surface area contributed by atoms with E-state index in [-0.39, 0.29) is 6.04 Å². The molecule has 0 bridgehead atoms. The molecule has 2 rings (SSSR count). The van der Waals surface area contributed by atoms with Crippen molar-refractivity contribution in [3.8, 4) is 5.75 Å². The zero-order chi connectivity index (χ0) is 9.26. The van der Waals surface area contributed by atoms with Gasteiger partial charge in [0, 0.05) is 17.8 Å². The van der Waals surface area contributed by atoms with Crippen LogP contribution in [0.1, 0.15) is 24.4 Å². The van der Waals surface area contributed by atoms with Crippen LogP contribution in [-0.4, -0.2) is 12.1 Å². The molecule has 70 valence electrons. The van der Waals surface area contributed by atoms with E-state index in [0.717, 1.165) is 11.3 Å². The van der Waals surface area contributed by atoms with Gasteiger partial charge in [-0.2, -0.15) is 0 Å². The number of hydrogen-bond donors (Lipinski definition) is 1. The monoisotopic (exact) mass is 178 g/mol. The van der Waals surface area contributed by atoms with Gasteiger partial charge in [-0.1, -0.05) is 0 Å². The molecule has 1 aromatic heterocycles. The van der Waals surface area contributed by atoms with Crippen LogP contribution in [0, 0.1) is 5.92 Å². The summed E-state index contributed by atoms with van der Waals surface area (Å²) < 4.78 is 5.20. The summed E-state index contributed by atoms with van der Waals surface area (Å²) in [6.07, 6.45) is 5.97. The number of nitrogens with two attached hydrogens (primary N) is 1. The van der Waals surface area contributed by atoms with Gasteiger partial charge in [-0.25, -0.2) is 0 Å². The summed E-state index contributed by atoms with van der Waals surface area (Å²) in [7, 11) is 1.65. The lowest BCUT2D eigenvalue weighted by atomic mass is 10.0. The maximum absolute atomic E-state index is 6.07. The summed E-state index contributed by atoms with van der Waals surface area (Å²) in [4.78, 5) is 4.00. The zero-order valence-corrected chi connectivity index (χ0v) is 7.73. The predicted molar refractivity (Wildman–Crippen MR) is 50.4 cm³/mol. The van der Waals surface area contributed by atoms with E-state index in [1.807, 2.05) is 6.07 Å². The van der Waals surface area contributed by atoms with Crippen LogP contribution < -0.4 is 10.5 Å². The van der Waals surface area contributed by atoms with Gasteiger partial charge in [-0.15, -0.1) is 0 Å². The Morgan fingerprint density at radius 3 is 3.00 bits per heavy atom. The topological polar surface area (TPSA) is 48.1 Å². The van der Waals surface area contributed by atoms with Gasteiger partial charge in [-0.3, -0.25) is 4.98 Å². The van der Waals surface area contributed by atoms with E-state index in [4.69, 9.17) is 10.5 Å².